The lowest BCUT2D eigenvalue weighted by Crippen LogP contribution is -2.45. The molecule has 1 unspecified atom stereocenters. The van der Waals surface area contributed by atoms with Gasteiger partial charge in [0, 0.05) is 0 Å². The fourth-order valence-corrected chi connectivity index (χ4v) is 5.28. The maximum atomic E-state index is 13.5. The Hall–Kier alpha value is -3.83. The fraction of sp³-hybridized carbons (Fsp3) is 0.208. The average Bonchev–Trinajstić information content (AvgIpc) is 3.45. The summed E-state index contributed by atoms with van der Waals surface area (Å²) in [7, 11) is -4.32. The summed E-state index contributed by atoms with van der Waals surface area (Å²) in [5.74, 6) is -2.27. The standard InChI is InChI=1S/C24H21FN2O7S/c1-2-33-24(30)16-5-9-18(10-6-16)27-22(28)14-21(23(27)29)26(15-19-4-3-13-34-19)35(31,32)20-11-7-17(25)8-12-20/h3-13,21H,2,14-15H2,1H3. The molecule has 0 saturated carbocycles. The molecule has 1 fully saturated rings. The molecule has 0 radical (unpaired) electrons. The number of esters is 1. The number of hydrogen-bond donors (Lipinski definition) is 0. The maximum Gasteiger partial charge on any atom is 0.338 e. The van der Waals surface area contributed by atoms with Gasteiger partial charge in [-0.05, 0) is 67.6 Å². The van der Waals surface area contributed by atoms with Crippen molar-refractivity contribution in [3.63, 3.8) is 0 Å². The third kappa shape index (κ3) is 4.86. The maximum absolute atomic E-state index is 13.5. The summed E-state index contributed by atoms with van der Waals surface area (Å²) in [4.78, 5) is 38.7. The van der Waals surface area contributed by atoms with Crippen LogP contribution in [-0.4, -0.2) is 43.2 Å². The molecule has 35 heavy (non-hydrogen) atoms. The number of furan rings is 1. The highest BCUT2D eigenvalue weighted by Crippen LogP contribution is 2.31. The topological polar surface area (TPSA) is 114 Å². The van der Waals surface area contributed by atoms with Crippen LogP contribution in [0.3, 0.4) is 0 Å². The predicted octanol–water partition coefficient (Wildman–Crippen LogP) is 3.12. The molecular weight excluding hydrogens is 479 g/mol. The largest absolute Gasteiger partial charge is 0.468 e. The van der Waals surface area contributed by atoms with Crippen molar-refractivity contribution in [2.75, 3.05) is 11.5 Å². The van der Waals surface area contributed by atoms with Gasteiger partial charge in [-0.25, -0.2) is 22.5 Å². The smallest absolute Gasteiger partial charge is 0.338 e. The summed E-state index contributed by atoms with van der Waals surface area (Å²) < 4.78 is 51.4. The first-order chi connectivity index (χ1) is 16.7. The van der Waals surface area contributed by atoms with Crippen molar-refractivity contribution in [2.24, 2.45) is 0 Å². The number of sulfonamides is 1. The second kappa shape index (κ2) is 9.80. The van der Waals surface area contributed by atoms with Crippen LogP contribution in [0.2, 0.25) is 0 Å². The molecule has 2 amide bonds. The first kappa shape index (κ1) is 24.3. The number of benzene rings is 2. The van der Waals surface area contributed by atoms with Crippen LogP contribution < -0.4 is 4.90 Å². The Balaban J connectivity index is 1.67. The molecule has 0 N–H and O–H groups in total. The van der Waals surface area contributed by atoms with Crippen molar-refractivity contribution in [1.29, 1.82) is 0 Å². The normalized spacial score (nSPS) is 16.2. The highest BCUT2D eigenvalue weighted by molar-refractivity contribution is 7.89. The minimum Gasteiger partial charge on any atom is -0.468 e. The molecule has 11 heteroatoms. The second-order valence-corrected chi connectivity index (χ2v) is 9.53. The molecule has 9 nitrogen and oxygen atoms in total. The molecule has 182 valence electrons. The molecule has 4 rings (SSSR count). The van der Waals surface area contributed by atoms with Gasteiger partial charge in [0.25, 0.3) is 5.91 Å². The summed E-state index contributed by atoms with van der Waals surface area (Å²) in [5, 5.41) is 0. The molecule has 1 saturated heterocycles. The number of amides is 2. The number of carbonyl (C=O) groups excluding carboxylic acids is 3. The van der Waals surface area contributed by atoms with Gasteiger partial charge in [-0.1, -0.05) is 0 Å². The van der Waals surface area contributed by atoms with Gasteiger partial charge in [0.05, 0.1) is 42.0 Å². The molecule has 1 aromatic heterocycles. The first-order valence-electron chi connectivity index (χ1n) is 10.7. The summed E-state index contributed by atoms with van der Waals surface area (Å²) in [6.07, 6.45) is 0.955. The van der Waals surface area contributed by atoms with E-state index in [2.05, 4.69) is 0 Å². The molecule has 1 atom stereocenters. The first-order valence-corrected chi connectivity index (χ1v) is 12.1. The Labute approximate surface area is 200 Å². The van der Waals surface area contributed by atoms with Crippen molar-refractivity contribution < 1.29 is 36.3 Å². The summed E-state index contributed by atoms with van der Waals surface area (Å²) in [6.45, 7) is 1.55. The van der Waals surface area contributed by atoms with Crippen LogP contribution in [0.1, 0.15) is 29.5 Å². The van der Waals surface area contributed by atoms with E-state index < -0.39 is 46.1 Å². The van der Waals surface area contributed by atoms with Crippen LogP contribution >= 0.6 is 0 Å². The Morgan fingerprint density at radius 1 is 1.11 bits per heavy atom. The van der Waals surface area contributed by atoms with Gasteiger partial charge in [0.2, 0.25) is 15.9 Å². The van der Waals surface area contributed by atoms with Crippen molar-refractivity contribution in [1.82, 2.24) is 4.31 Å². The van der Waals surface area contributed by atoms with Gasteiger partial charge in [-0.2, -0.15) is 4.31 Å². The number of nitrogens with zero attached hydrogens (tertiary/aromatic N) is 2. The molecule has 0 spiro atoms. The number of ether oxygens (including phenoxy) is 1. The van der Waals surface area contributed by atoms with Crippen LogP contribution in [0.4, 0.5) is 10.1 Å². The van der Waals surface area contributed by atoms with Crippen molar-refractivity contribution in [3.8, 4) is 0 Å². The molecular formula is C24H21FN2O7S. The van der Waals surface area contributed by atoms with Gasteiger partial charge in [-0.15, -0.1) is 0 Å². The second-order valence-electron chi connectivity index (χ2n) is 7.64. The number of halogens is 1. The van der Waals surface area contributed by atoms with Gasteiger partial charge in [0.15, 0.2) is 0 Å². The van der Waals surface area contributed by atoms with Crippen molar-refractivity contribution in [2.45, 2.75) is 30.8 Å². The van der Waals surface area contributed by atoms with E-state index in [9.17, 15) is 27.2 Å². The van der Waals surface area contributed by atoms with Gasteiger partial charge >= 0.3 is 5.97 Å². The molecule has 2 aromatic carbocycles. The Morgan fingerprint density at radius 2 is 1.80 bits per heavy atom. The number of rotatable bonds is 8. The lowest BCUT2D eigenvalue weighted by molar-refractivity contribution is -0.122. The zero-order chi connectivity index (χ0) is 25.2. The number of anilines is 1. The number of carbonyl (C=O) groups is 3. The molecule has 1 aliphatic rings. The fourth-order valence-electron chi connectivity index (χ4n) is 3.73. The van der Waals surface area contributed by atoms with Crippen molar-refractivity contribution >= 4 is 33.5 Å². The lowest BCUT2D eigenvalue weighted by Gasteiger charge is -2.26. The average molecular weight is 501 g/mol. The summed E-state index contributed by atoms with van der Waals surface area (Å²) >= 11 is 0. The minimum atomic E-state index is -4.32. The van der Waals surface area contributed by atoms with Gasteiger partial charge < -0.3 is 9.15 Å². The van der Waals surface area contributed by atoms with Crippen LogP contribution in [-0.2, 0) is 30.9 Å². The predicted molar refractivity (Wildman–Crippen MR) is 121 cm³/mol. The van der Waals surface area contributed by atoms with E-state index in [1.54, 1.807) is 19.1 Å². The Kier molecular flexibility index (Phi) is 6.81. The van der Waals surface area contributed by atoms with Crippen LogP contribution in [0.15, 0.2) is 76.2 Å². The van der Waals surface area contributed by atoms with E-state index in [1.165, 1.54) is 30.5 Å². The Bertz CT molecular complexity index is 1340. The SMILES string of the molecule is CCOC(=O)c1ccc(N2C(=O)CC(N(Cc3ccco3)S(=O)(=O)c3ccc(F)cc3)C2=O)cc1. The quantitative estimate of drug-likeness (QED) is 0.345. The number of hydrogen-bond acceptors (Lipinski definition) is 7. The molecule has 0 bridgehead atoms. The Morgan fingerprint density at radius 3 is 2.40 bits per heavy atom. The van der Waals surface area contributed by atoms with Crippen molar-refractivity contribution in [3.05, 3.63) is 84.1 Å². The van der Waals surface area contributed by atoms with E-state index in [4.69, 9.17) is 9.15 Å². The van der Waals surface area contributed by atoms with Crippen LogP contribution in [0.5, 0.6) is 0 Å². The third-order valence-electron chi connectivity index (χ3n) is 5.42. The van der Waals surface area contributed by atoms with E-state index in [0.717, 1.165) is 33.5 Å². The van der Waals surface area contributed by atoms with Gasteiger partial charge in [0.1, 0.15) is 17.6 Å². The van der Waals surface area contributed by atoms with E-state index >= 15 is 0 Å². The zero-order valence-corrected chi connectivity index (χ0v) is 19.4. The minimum absolute atomic E-state index is 0.188. The van der Waals surface area contributed by atoms with E-state index in [-0.39, 0.29) is 35.1 Å². The summed E-state index contributed by atoms with van der Waals surface area (Å²) in [5.41, 5.74) is 0.428. The molecule has 0 aliphatic carbocycles. The monoisotopic (exact) mass is 500 g/mol. The van der Waals surface area contributed by atoms with Gasteiger partial charge in [-0.3, -0.25) is 9.59 Å². The molecule has 3 aromatic rings. The van der Waals surface area contributed by atoms with Crippen LogP contribution in [0.25, 0.3) is 0 Å². The molecule has 1 aliphatic heterocycles. The summed E-state index contributed by atoms with van der Waals surface area (Å²) in [6, 6.07) is 11.6. The van der Waals surface area contributed by atoms with E-state index in [1.807, 2.05) is 0 Å². The highest BCUT2D eigenvalue weighted by Gasteiger charge is 2.47. The highest BCUT2D eigenvalue weighted by atomic mass is 32.2. The number of imide groups is 1. The third-order valence-corrected chi connectivity index (χ3v) is 7.29. The zero-order valence-electron chi connectivity index (χ0n) is 18.6. The molecule has 2 heterocycles. The lowest BCUT2D eigenvalue weighted by atomic mass is 10.2. The van der Waals surface area contributed by atoms with E-state index in [0.29, 0.717) is 0 Å². The van der Waals surface area contributed by atoms with Crippen LogP contribution in [0, 0.1) is 5.82 Å².